The minimum atomic E-state index is -0.362. The molecule has 1 aliphatic rings. The number of para-hydroxylation sites is 1. The van der Waals surface area contributed by atoms with Crippen molar-refractivity contribution in [3.8, 4) is 0 Å². The topological polar surface area (TPSA) is 100 Å². The fourth-order valence-electron chi connectivity index (χ4n) is 2.63. The average Bonchev–Trinajstić information content (AvgIpc) is 3.38. The SMILES string of the molecule is CC[n+]1cc(/N=C(/[O-])CSc2nc3ccccc3c(=O)n2C2CC2)on1. The predicted octanol–water partition coefficient (Wildman–Crippen LogP) is 1.21. The van der Waals surface area contributed by atoms with Crippen LogP contribution in [0.3, 0.4) is 0 Å². The van der Waals surface area contributed by atoms with Gasteiger partial charge in [-0.25, -0.2) is 9.98 Å². The Morgan fingerprint density at radius 1 is 1.46 bits per heavy atom. The minimum Gasteiger partial charge on any atom is -0.861 e. The van der Waals surface area contributed by atoms with Gasteiger partial charge in [0, 0.05) is 11.8 Å². The maximum absolute atomic E-state index is 12.8. The van der Waals surface area contributed by atoms with Crippen molar-refractivity contribution >= 4 is 34.4 Å². The first-order valence-corrected chi connectivity index (χ1v) is 9.39. The number of thioether (sulfide) groups is 1. The van der Waals surface area contributed by atoms with E-state index < -0.39 is 0 Å². The molecule has 0 spiro atoms. The summed E-state index contributed by atoms with van der Waals surface area (Å²) in [6, 6.07) is 7.44. The van der Waals surface area contributed by atoms with E-state index >= 15 is 0 Å². The highest BCUT2D eigenvalue weighted by molar-refractivity contribution is 7.99. The minimum absolute atomic E-state index is 0.0517. The van der Waals surface area contributed by atoms with Crippen molar-refractivity contribution < 1.29 is 14.3 Å². The van der Waals surface area contributed by atoms with Gasteiger partial charge in [0.25, 0.3) is 11.8 Å². The highest BCUT2D eigenvalue weighted by Gasteiger charge is 2.28. The maximum Gasteiger partial charge on any atom is 0.320 e. The highest BCUT2D eigenvalue weighted by Crippen LogP contribution is 2.36. The second kappa shape index (κ2) is 6.91. The molecule has 1 aliphatic carbocycles. The van der Waals surface area contributed by atoms with Crippen LogP contribution in [0, 0.1) is 0 Å². The molecule has 0 radical (unpaired) electrons. The van der Waals surface area contributed by atoms with E-state index in [4.69, 9.17) is 4.52 Å². The fourth-order valence-corrected chi connectivity index (χ4v) is 3.48. The van der Waals surface area contributed by atoms with E-state index in [1.165, 1.54) is 11.8 Å². The molecule has 1 saturated carbocycles. The third kappa shape index (κ3) is 3.34. The summed E-state index contributed by atoms with van der Waals surface area (Å²) in [7, 11) is 0. The van der Waals surface area contributed by atoms with Gasteiger partial charge in [-0.3, -0.25) is 13.9 Å². The van der Waals surface area contributed by atoms with Crippen molar-refractivity contribution in [2.75, 3.05) is 5.75 Å². The Labute approximate surface area is 153 Å². The molecule has 3 aromatic rings. The molecule has 8 nitrogen and oxygen atoms in total. The summed E-state index contributed by atoms with van der Waals surface area (Å²) >= 11 is 1.22. The summed E-state index contributed by atoms with van der Waals surface area (Å²) in [5.74, 6) is -0.118. The largest absolute Gasteiger partial charge is 0.861 e. The predicted molar refractivity (Wildman–Crippen MR) is 94.5 cm³/mol. The number of fused-ring (bicyclic) bond motifs is 1. The fraction of sp³-hybridized carbons (Fsp3) is 0.353. The van der Waals surface area contributed by atoms with Crippen LogP contribution in [0.25, 0.3) is 10.9 Å². The molecule has 2 heterocycles. The van der Waals surface area contributed by atoms with Crippen LogP contribution in [0.5, 0.6) is 0 Å². The van der Waals surface area contributed by atoms with Crippen LogP contribution in [0.2, 0.25) is 0 Å². The lowest BCUT2D eigenvalue weighted by Crippen LogP contribution is -2.32. The zero-order valence-corrected chi connectivity index (χ0v) is 15.0. The Bertz CT molecular complexity index is 1040. The normalized spacial score (nSPS) is 14.9. The average molecular weight is 371 g/mol. The van der Waals surface area contributed by atoms with Gasteiger partial charge in [-0.15, -0.1) is 0 Å². The Balaban J connectivity index is 1.60. The maximum atomic E-state index is 12.8. The van der Waals surface area contributed by atoms with Crippen molar-refractivity contribution in [3.63, 3.8) is 0 Å². The second-order valence-corrected chi connectivity index (χ2v) is 6.95. The van der Waals surface area contributed by atoms with E-state index in [-0.39, 0.29) is 29.1 Å². The Morgan fingerprint density at radius 2 is 2.27 bits per heavy atom. The van der Waals surface area contributed by atoms with Crippen LogP contribution < -0.4 is 15.3 Å². The molecule has 134 valence electrons. The van der Waals surface area contributed by atoms with E-state index in [1.54, 1.807) is 21.5 Å². The van der Waals surface area contributed by atoms with Gasteiger partial charge in [0.2, 0.25) is 5.27 Å². The lowest BCUT2D eigenvalue weighted by Gasteiger charge is -2.14. The van der Waals surface area contributed by atoms with E-state index in [2.05, 4.69) is 15.2 Å². The molecule has 1 fully saturated rings. The summed E-state index contributed by atoms with van der Waals surface area (Å²) in [6.07, 6.45) is 3.48. The molecule has 2 aromatic heterocycles. The molecule has 0 unspecified atom stereocenters. The summed E-state index contributed by atoms with van der Waals surface area (Å²) < 4.78 is 8.23. The Morgan fingerprint density at radius 3 is 3.00 bits per heavy atom. The third-order valence-corrected chi connectivity index (χ3v) is 5.01. The van der Waals surface area contributed by atoms with Crippen LogP contribution in [0.15, 0.2) is 49.9 Å². The molecule has 0 bridgehead atoms. The molecule has 1 aromatic carbocycles. The molecule has 9 heteroatoms. The van der Waals surface area contributed by atoms with Crippen molar-refractivity contribution in [2.45, 2.75) is 37.5 Å². The van der Waals surface area contributed by atoms with Gasteiger partial charge in [0.05, 0.1) is 10.9 Å². The lowest BCUT2D eigenvalue weighted by molar-refractivity contribution is -0.759. The summed E-state index contributed by atoms with van der Waals surface area (Å²) in [5.41, 5.74) is 0.588. The summed E-state index contributed by atoms with van der Waals surface area (Å²) in [6.45, 7) is 2.54. The van der Waals surface area contributed by atoms with Crippen LogP contribution in [-0.4, -0.2) is 26.5 Å². The molecule has 0 atom stereocenters. The Kier molecular flexibility index (Phi) is 4.46. The van der Waals surface area contributed by atoms with Crippen molar-refractivity contribution in [2.24, 2.45) is 4.99 Å². The highest BCUT2D eigenvalue weighted by atomic mass is 32.2. The molecule has 0 amide bonds. The number of rotatable bonds is 6. The molecular weight excluding hydrogens is 354 g/mol. The summed E-state index contributed by atoms with van der Waals surface area (Å²) in [4.78, 5) is 21.3. The van der Waals surface area contributed by atoms with Gasteiger partial charge < -0.3 is 5.11 Å². The molecule has 4 rings (SSSR count). The smallest absolute Gasteiger partial charge is 0.320 e. The number of aromatic nitrogens is 4. The first kappa shape index (κ1) is 16.8. The standard InChI is InChI=1S/C17H17N5O3S/c1-2-21-9-15(25-20-21)19-14(23)10-26-17-18-13-6-4-3-5-12(13)16(24)22(17)11-7-8-11/h3-6,9,11H,2,7-8,10H2,1H3. The van der Waals surface area contributed by atoms with E-state index in [1.807, 2.05) is 25.1 Å². The summed E-state index contributed by atoms with van der Waals surface area (Å²) in [5, 5.41) is 17.0. The van der Waals surface area contributed by atoms with Crippen molar-refractivity contribution in [3.05, 3.63) is 40.8 Å². The van der Waals surface area contributed by atoms with Crippen LogP contribution in [0.4, 0.5) is 5.88 Å². The molecule has 0 N–H and O–H groups in total. The van der Waals surface area contributed by atoms with E-state index in [9.17, 15) is 9.90 Å². The molecular formula is C17H17N5O3S. The lowest BCUT2D eigenvalue weighted by atomic mass is 10.2. The molecule has 0 saturated heterocycles. The van der Waals surface area contributed by atoms with Gasteiger partial charge in [0.1, 0.15) is 0 Å². The monoisotopic (exact) mass is 371 g/mol. The number of aryl methyl sites for hydroxylation is 1. The number of aliphatic imine (C=N–C) groups is 1. The van der Waals surface area contributed by atoms with E-state index in [0.717, 1.165) is 12.8 Å². The molecule has 0 aliphatic heterocycles. The first-order valence-electron chi connectivity index (χ1n) is 8.41. The zero-order valence-electron chi connectivity index (χ0n) is 14.2. The van der Waals surface area contributed by atoms with Gasteiger partial charge in [0.15, 0.2) is 11.7 Å². The first-order chi connectivity index (χ1) is 12.7. The number of hydrogen-bond donors (Lipinski definition) is 0. The van der Waals surface area contributed by atoms with Gasteiger partial charge in [-0.05, 0) is 37.8 Å². The van der Waals surface area contributed by atoms with Crippen LogP contribution in [0.1, 0.15) is 25.8 Å². The number of nitrogens with zero attached hydrogens (tertiary/aromatic N) is 5. The van der Waals surface area contributed by atoms with Gasteiger partial charge >= 0.3 is 5.88 Å². The number of hydrogen-bond acceptors (Lipinski definition) is 7. The number of benzene rings is 1. The van der Waals surface area contributed by atoms with Gasteiger partial charge in [-0.2, -0.15) is 0 Å². The zero-order chi connectivity index (χ0) is 18.1. The van der Waals surface area contributed by atoms with Crippen LogP contribution >= 0.6 is 11.8 Å². The second-order valence-electron chi connectivity index (χ2n) is 6.01. The van der Waals surface area contributed by atoms with Crippen molar-refractivity contribution in [1.82, 2.24) is 14.8 Å². The van der Waals surface area contributed by atoms with Crippen molar-refractivity contribution in [1.29, 1.82) is 0 Å². The third-order valence-electron chi connectivity index (χ3n) is 4.07. The van der Waals surface area contributed by atoms with E-state index in [0.29, 0.717) is 22.6 Å². The quantitative estimate of drug-likeness (QED) is 0.212. The molecule has 26 heavy (non-hydrogen) atoms. The van der Waals surface area contributed by atoms with Crippen LogP contribution in [-0.2, 0) is 6.54 Å². The van der Waals surface area contributed by atoms with Gasteiger partial charge in [-0.1, -0.05) is 28.6 Å². The Hall–Kier alpha value is -2.68.